The van der Waals surface area contributed by atoms with Gasteiger partial charge in [-0.2, -0.15) is 0 Å². The fourth-order valence-corrected chi connectivity index (χ4v) is 2.95. The van der Waals surface area contributed by atoms with E-state index in [1.165, 1.54) is 0 Å². The molecule has 0 radical (unpaired) electrons. The maximum absolute atomic E-state index is 6.39. The van der Waals surface area contributed by atoms with Crippen molar-refractivity contribution in [2.75, 3.05) is 5.32 Å². The van der Waals surface area contributed by atoms with E-state index in [1.807, 2.05) is 55.5 Å². The van der Waals surface area contributed by atoms with Gasteiger partial charge in [-0.1, -0.05) is 23.2 Å². The van der Waals surface area contributed by atoms with Crippen LogP contribution in [0.1, 0.15) is 5.56 Å². The van der Waals surface area contributed by atoms with E-state index >= 15 is 0 Å². The van der Waals surface area contributed by atoms with Crippen LogP contribution in [0.15, 0.2) is 54.7 Å². The number of imidazole rings is 1. The molecule has 6 heteroatoms. The number of hydrogen-bond acceptors (Lipinski definition) is 3. The average molecular weight is 369 g/mol. The summed E-state index contributed by atoms with van der Waals surface area (Å²) in [4.78, 5) is 12.2. The largest absolute Gasteiger partial charge is 0.356 e. The number of aromatic nitrogens is 3. The standard InChI is InChI=1S/C19H14Cl2N4/c1-11-8-17-19(22-10-11)25-18(24-17)15-9-14(6-7-16(15)21)23-13-4-2-12(20)3-5-13/h2-10,23H,1H3,(H,22,24,25). The molecule has 2 heterocycles. The number of pyridine rings is 1. The third-order valence-electron chi connectivity index (χ3n) is 3.83. The maximum Gasteiger partial charge on any atom is 0.178 e. The number of halogens is 2. The summed E-state index contributed by atoms with van der Waals surface area (Å²) in [5, 5.41) is 4.66. The molecule has 0 aliphatic heterocycles. The molecular weight excluding hydrogens is 355 g/mol. The van der Waals surface area contributed by atoms with Crippen LogP contribution in [-0.2, 0) is 0 Å². The highest BCUT2D eigenvalue weighted by Crippen LogP contribution is 2.31. The molecule has 4 nitrogen and oxygen atoms in total. The topological polar surface area (TPSA) is 53.6 Å². The zero-order valence-corrected chi connectivity index (χ0v) is 14.9. The molecule has 25 heavy (non-hydrogen) atoms. The molecule has 124 valence electrons. The van der Waals surface area contributed by atoms with E-state index in [0.29, 0.717) is 21.5 Å². The van der Waals surface area contributed by atoms with E-state index in [2.05, 4.69) is 20.3 Å². The number of fused-ring (bicyclic) bond motifs is 1. The van der Waals surface area contributed by atoms with E-state index in [1.54, 1.807) is 6.20 Å². The predicted molar refractivity (Wildman–Crippen MR) is 104 cm³/mol. The van der Waals surface area contributed by atoms with Gasteiger partial charge in [-0.25, -0.2) is 9.97 Å². The van der Waals surface area contributed by atoms with Crippen LogP contribution >= 0.6 is 23.2 Å². The lowest BCUT2D eigenvalue weighted by Gasteiger charge is -2.09. The highest BCUT2D eigenvalue weighted by molar-refractivity contribution is 6.33. The van der Waals surface area contributed by atoms with Gasteiger partial charge in [-0.3, -0.25) is 0 Å². The van der Waals surface area contributed by atoms with Crippen molar-refractivity contribution < 1.29 is 0 Å². The van der Waals surface area contributed by atoms with Crippen molar-refractivity contribution in [2.24, 2.45) is 0 Å². The van der Waals surface area contributed by atoms with Crippen molar-refractivity contribution in [3.63, 3.8) is 0 Å². The number of aryl methyl sites for hydroxylation is 1. The van der Waals surface area contributed by atoms with Gasteiger partial charge in [0.25, 0.3) is 0 Å². The molecule has 0 aliphatic carbocycles. The zero-order valence-electron chi connectivity index (χ0n) is 13.3. The first-order valence-electron chi connectivity index (χ1n) is 7.73. The smallest absolute Gasteiger partial charge is 0.178 e. The van der Waals surface area contributed by atoms with Gasteiger partial charge in [-0.15, -0.1) is 0 Å². The minimum atomic E-state index is 0.623. The van der Waals surface area contributed by atoms with Gasteiger partial charge in [0.2, 0.25) is 0 Å². The maximum atomic E-state index is 6.39. The van der Waals surface area contributed by atoms with Crippen molar-refractivity contribution in [3.05, 3.63) is 70.3 Å². The fourth-order valence-electron chi connectivity index (χ4n) is 2.62. The number of hydrogen-bond donors (Lipinski definition) is 2. The molecule has 4 rings (SSSR count). The van der Waals surface area contributed by atoms with Crippen LogP contribution in [0.25, 0.3) is 22.6 Å². The Morgan fingerprint density at radius 2 is 1.72 bits per heavy atom. The summed E-state index contributed by atoms with van der Waals surface area (Å²) >= 11 is 12.3. The first kappa shape index (κ1) is 15.9. The van der Waals surface area contributed by atoms with Gasteiger partial charge in [0.05, 0.1) is 10.5 Å². The molecule has 0 amide bonds. The number of benzene rings is 2. The molecule has 2 aromatic carbocycles. The lowest BCUT2D eigenvalue weighted by atomic mass is 10.2. The predicted octanol–water partition coefficient (Wildman–Crippen LogP) is 5.98. The van der Waals surface area contributed by atoms with E-state index < -0.39 is 0 Å². The number of H-pyrrole nitrogens is 1. The Morgan fingerprint density at radius 1 is 0.960 bits per heavy atom. The second-order valence-electron chi connectivity index (χ2n) is 5.80. The first-order chi connectivity index (χ1) is 12.1. The quantitative estimate of drug-likeness (QED) is 0.467. The Morgan fingerprint density at radius 3 is 2.52 bits per heavy atom. The zero-order chi connectivity index (χ0) is 17.4. The lowest BCUT2D eigenvalue weighted by molar-refractivity contribution is 1.28. The highest BCUT2D eigenvalue weighted by atomic mass is 35.5. The highest BCUT2D eigenvalue weighted by Gasteiger charge is 2.11. The minimum absolute atomic E-state index is 0.623. The van der Waals surface area contributed by atoms with Crippen molar-refractivity contribution in [2.45, 2.75) is 6.92 Å². The summed E-state index contributed by atoms with van der Waals surface area (Å²) in [6.45, 7) is 2.00. The summed E-state index contributed by atoms with van der Waals surface area (Å²) in [5.41, 5.74) is 5.31. The Bertz CT molecular complexity index is 1050. The van der Waals surface area contributed by atoms with E-state index in [4.69, 9.17) is 23.2 Å². The van der Waals surface area contributed by atoms with E-state index in [9.17, 15) is 0 Å². The monoisotopic (exact) mass is 368 g/mol. The Kier molecular flexibility index (Phi) is 4.07. The van der Waals surface area contributed by atoms with Gasteiger partial charge in [-0.05, 0) is 61.0 Å². The van der Waals surface area contributed by atoms with Crippen LogP contribution in [0.2, 0.25) is 10.0 Å². The molecule has 0 saturated heterocycles. The molecular formula is C19H14Cl2N4. The first-order valence-corrected chi connectivity index (χ1v) is 8.49. The van der Waals surface area contributed by atoms with Crippen LogP contribution in [0.5, 0.6) is 0 Å². The number of anilines is 2. The molecule has 0 bridgehead atoms. The fraction of sp³-hybridized carbons (Fsp3) is 0.0526. The Hall–Kier alpha value is -2.56. The molecule has 2 aromatic heterocycles. The lowest BCUT2D eigenvalue weighted by Crippen LogP contribution is -1.91. The Labute approximate surface area is 154 Å². The number of rotatable bonds is 3. The van der Waals surface area contributed by atoms with Crippen molar-refractivity contribution in [3.8, 4) is 11.4 Å². The minimum Gasteiger partial charge on any atom is -0.356 e. The second kappa shape index (κ2) is 6.39. The van der Waals surface area contributed by atoms with Crippen LogP contribution in [0.3, 0.4) is 0 Å². The third-order valence-corrected chi connectivity index (χ3v) is 4.41. The molecule has 4 aromatic rings. The summed E-state index contributed by atoms with van der Waals surface area (Å²) < 4.78 is 0. The van der Waals surface area contributed by atoms with Gasteiger partial charge < -0.3 is 10.3 Å². The van der Waals surface area contributed by atoms with Crippen LogP contribution in [-0.4, -0.2) is 15.0 Å². The summed E-state index contributed by atoms with van der Waals surface area (Å²) in [5.74, 6) is 0.692. The molecule has 0 spiro atoms. The second-order valence-corrected chi connectivity index (χ2v) is 6.64. The van der Waals surface area contributed by atoms with Crippen molar-refractivity contribution >= 4 is 45.7 Å². The molecule has 0 unspecified atom stereocenters. The number of nitrogens with zero attached hydrogens (tertiary/aromatic N) is 2. The van der Waals surface area contributed by atoms with Gasteiger partial charge >= 0.3 is 0 Å². The van der Waals surface area contributed by atoms with Gasteiger partial charge in [0.15, 0.2) is 5.65 Å². The normalized spacial score (nSPS) is 11.0. The van der Waals surface area contributed by atoms with Crippen LogP contribution in [0.4, 0.5) is 11.4 Å². The van der Waals surface area contributed by atoms with Gasteiger partial charge in [0, 0.05) is 28.2 Å². The van der Waals surface area contributed by atoms with E-state index in [-0.39, 0.29) is 0 Å². The summed E-state index contributed by atoms with van der Waals surface area (Å²) in [7, 11) is 0. The van der Waals surface area contributed by atoms with Crippen molar-refractivity contribution in [1.29, 1.82) is 0 Å². The molecule has 0 fully saturated rings. The summed E-state index contributed by atoms with van der Waals surface area (Å²) in [6.07, 6.45) is 1.80. The van der Waals surface area contributed by atoms with Crippen molar-refractivity contribution in [1.82, 2.24) is 15.0 Å². The number of aromatic amines is 1. The molecule has 0 aliphatic rings. The van der Waals surface area contributed by atoms with Crippen LogP contribution < -0.4 is 5.32 Å². The molecule has 0 saturated carbocycles. The SMILES string of the molecule is Cc1cnc2nc(-c3cc(Nc4ccc(Cl)cc4)ccc3Cl)[nH]c2c1. The molecule has 2 N–H and O–H groups in total. The summed E-state index contributed by atoms with van der Waals surface area (Å²) in [6, 6.07) is 15.3. The van der Waals surface area contributed by atoms with E-state index in [0.717, 1.165) is 28.0 Å². The average Bonchev–Trinajstić information content (AvgIpc) is 3.01. The van der Waals surface area contributed by atoms with Gasteiger partial charge in [0.1, 0.15) is 5.82 Å². The third kappa shape index (κ3) is 3.31. The van der Waals surface area contributed by atoms with Crippen LogP contribution in [0, 0.1) is 6.92 Å². The number of nitrogens with one attached hydrogen (secondary N) is 2. The molecule has 0 atom stereocenters. The Balaban J connectivity index is 1.72.